The number of pyridine rings is 1. The highest BCUT2D eigenvalue weighted by atomic mass is 35.5. The molecule has 1 aromatic heterocycles. The number of carbonyl (C=O) groups is 2. The monoisotopic (exact) mass is 447 g/mol. The van der Waals surface area contributed by atoms with Crippen LogP contribution < -0.4 is 5.32 Å². The molecule has 5 nitrogen and oxygen atoms in total. The highest BCUT2D eigenvalue weighted by Gasteiger charge is 2.30. The number of piperidine rings is 1. The van der Waals surface area contributed by atoms with Crippen molar-refractivity contribution in [1.82, 2.24) is 15.2 Å². The fraction of sp³-hybridized carbons (Fsp3) is 0.269. The van der Waals surface area contributed by atoms with Gasteiger partial charge in [0.2, 0.25) is 5.91 Å². The maximum atomic E-state index is 13.4. The van der Waals surface area contributed by atoms with Crippen LogP contribution in [0.3, 0.4) is 0 Å². The quantitative estimate of drug-likeness (QED) is 0.606. The molecule has 0 saturated carbocycles. The molecule has 1 aliphatic rings. The number of benzene rings is 2. The molecule has 0 spiro atoms. The van der Waals surface area contributed by atoms with E-state index in [1.54, 1.807) is 17.2 Å². The van der Waals surface area contributed by atoms with Crippen molar-refractivity contribution >= 4 is 23.4 Å². The third kappa shape index (κ3) is 5.00. The van der Waals surface area contributed by atoms with Gasteiger partial charge in [-0.15, -0.1) is 0 Å². The SMILES string of the molecule is Cc1ccc(-c2ncccc2C(=O)N2CCCC(C(=O)NCc3ccccc3Cl)C2)cc1. The largest absolute Gasteiger partial charge is 0.352 e. The second-order valence-corrected chi connectivity index (χ2v) is 8.57. The van der Waals surface area contributed by atoms with Crippen LogP contribution in [0.2, 0.25) is 5.02 Å². The molecule has 2 amide bonds. The van der Waals surface area contributed by atoms with E-state index in [9.17, 15) is 9.59 Å². The van der Waals surface area contributed by atoms with Crippen molar-refractivity contribution in [3.8, 4) is 11.3 Å². The summed E-state index contributed by atoms with van der Waals surface area (Å²) in [6, 6.07) is 19.0. The van der Waals surface area contributed by atoms with Gasteiger partial charge in [0, 0.05) is 36.4 Å². The highest BCUT2D eigenvalue weighted by molar-refractivity contribution is 6.31. The van der Waals surface area contributed by atoms with Crippen LogP contribution in [0.15, 0.2) is 66.9 Å². The fourth-order valence-electron chi connectivity index (χ4n) is 4.03. The van der Waals surface area contributed by atoms with Crippen LogP contribution in [0.4, 0.5) is 0 Å². The number of halogens is 1. The molecule has 1 unspecified atom stereocenters. The first kappa shape index (κ1) is 22.0. The van der Waals surface area contributed by atoms with E-state index in [-0.39, 0.29) is 17.7 Å². The zero-order valence-electron chi connectivity index (χ0n) is 18.1. The van der Waals surface area contributed by atoms with E-state index < -0.39 is 0 Å². The Morgan fingerprint density at radius 1 is 1.09 bits per heavy atom. The zero-order chi connectivity index (χ0) is 22.5. The Labute approximate surface area is 193 Å². The Morgan fingerprint density at radius 3 is 2.66 bits per heavy atom. The molecule has 1 saturated heterocycles. The molecular formula is C26H26ClN3O2. The van der Waals surface area contributed by atoms with Gasteiger partial charge >= 0.3 is 0 Å². The molecule has 3 aromatic rings. The first-order valence-electron chi connectivity index (χ1n) is 10.9. The zero-order valence-corrected chi connectivity index (χ0v) is 18.8. The van der Waals surface area contributed by atoms with Crippen molar-refractivity contribution in [1.29, 1.82) is 0 Å². The van der Waals surface area contributed by atoms with Crippen molar-refractivity contribution < 1.29 is 9.59 Å². The summed E-state index contributed by atoms with van der Waals surface area (Å²) in [5.41, 5.74) is 4.17. The number of amides is 2. The van der Waals surface area contributed by atoms with Gasteiger partial charge in [-0.3, -0.25) is 14.6 Å². The van der Waals surface area contributed by atoms with E-state index in [2.05, 4.69) is 10.3 Å². The van der Waals surface area contributed by atoms with Gasteiger partial charge in [0.1, 0.15) is 0 Å². The lowest BCUT2D eigenvalue weighted by Crippen LogP contribution is -2.45. The number of hydrogen-bond donors (Lipinski definition) is 1. The summed E-state index contributed by atoms with van der Waals surface area (Å²) in [4.78, 5) is 32.4. The van der Waals surface area contributed by atoms with Crippen molar-refractivity contribution in [2.24, 2.45) is 5.92 Å². The predicted octanol–water partition coefficient (Wildman–Crippen LogP) is 4.88. The van der Waals surface area contributed by atoms with Gasteiger partial charge in [-0.1, -0.05) is 59.6 Å². The van der Waals surface area contributed by atoms with Gasteiger partial charge in [-0.25, -0.2) is 0 Å². The van der Waals surface area contributed by atoms with Gasteiger partial charge in [0.15, 0.2) is 0 Å². The molecular weight excluding hydrogens is 422 g/mol. The van der Waals surface area contributed by atoms with Crippen molar-refractivity contribution in [3.63, 3.8) is 0 Å². The third-order valence-corrected chi connectivity index (χ3v) is 6.22. The lowest BCUT2D eigenvalue weighted by Gasteiger charge is -2.32. The topological polar surface area (TPSA) is 62.3 Å². The summed E-state index contributed by atoms with van der Waals surface area (Å²) >= 11 is 6.19. The minimum atomic E-state index is -0.241. The van der Waals surface area contributed by atoms with Crippen LogP contribution >= 0.6 is 11.6 Å². The van der Waals surface area contributed by atoms with Gasteiger partial charge in [0.25, 0.3) is 5.91 Å². The predicted molar refractivity (Wildman–Crippen MR) is 126 cm³/mol. The second-order valence-electron chi connectivity index (χ2n) is 8.17. The van der Waals surface area contributed by atoms with E-state index in [4.69, 9.17) is 11.6 Å². The molecule has 0 bridgehead atoms. The fourth-order valence-corrected chi connectivity index (χ4v) is 4.24. The molecule has 32 heavy (non-hydrogen) atoms. The Bertz CT molecular complexity index is 1110. The normalized spacial score (nSPS) is 15.9. The van der Waals surface area contributed by atoms with Crippen molar-refractivity contribution in [3.05, 3.63) is 88.6 Å². The van der Waals surface area contributed by atoms with Crippen LogP contribution in [-0.4, -0.2) is 34.8 Å². The smallest absolute Gasteiger partial charge is 0.256 e. The first-order valence-corrected chi connectivity index (χ1v) is 11.2. The third-order valence-electron chi connectivity index (χ3n) is 5.85. The highest BCUT2D eigenvalue weighted by Crippen LogP contribution is 2.25. The molecule has 164 valence electrons. The number of likely N-dealkylation sites (tertiary alicyclic amines) is 1. The van der Waals surface area contributed by atoms with Crippen LogP contribution in [0.25, 0.3) is 11.3 Å². The molecule has 6 heteroatoms. The van der Waals surface area contributed by atoms with E-state index >= 15 is 0 Å². The summed E-state index contributed by atoms with van der Waals surface area (Å²) < 4.78 is 0. The number of rotatable bonds is 5. The lowest BCUT2D eigenvalue weighted by atomic mass is 9.95. The van der Waals surface area contributed by atoms with Gasteiger partial charge in [0.05, 0.1) is 17.2 Å². The van der Waals surface area contributed by atoms with Gasteiger partial charge in [-0.2, -0.15) is 0 Å². The maximum absolute atomic E-state index is 13.4. The van der Waals surface area contributed by atoms with Crippen molar-refractivity contribution in [2.45, 2.75) is 26.3 Å². The Hall–Kier alpha value is -3.18. The number of nitrogens with zero attached hydrogens (tertiary/aromatic N) is 2. The van der Waals surface area contributed by atoms with E-state index in [0.717, 1.165) is 29.5 Å². The minimum Gasteiger partial charge on any atom is -0.352 e. The van der Waals surface area contributed by atoms with Crippen LogP contribution in [-0.2, 0) is 11.3 Å². The van der Waals surface area contributed by atoms with Gasteiger partial charge < -0.3 is 10.2 Å². The molecule has 1 N–H and O–H groups in total. The molecule has 2 heterocycles. The molecule has 1 atom stereocenters. The average Bonchev–Trinajstić information content (AvgIpc) is 2.83. The number of hydrogen-bond acceptors (Lipinski definition) is 3. The molecule has 0 radical (unpaired) electrons. The molecule has 1 aliphatic heterocycles. The molecule has 4 rings (SSSR count). The van der Waals surface area contributed by atoms with Crippen LogP contribution in [0.5, 0.6) is 0 Å². The summed E-state index contributed by atoms with van der Waals surface area (Å²) in [5, 5.41) is 3.61. The molecule has 1 fully saturated rings. The van der Waals surface area contributed by atoms with E-state index in [1.165, 1.54) is 0 Å². The minimum absolute atomic E-state index is 0.0487. The number of nitrogens with one attached hydrogen (secondary N) is 1. The molecule has 0 aliphatic carbocycles. The van der Waals surface area contributed by atoms with Crippen molar-refractivity contribution in [2.75, 3.05) is 13.1 Å². The van der Waals surface area contributed by atoms with E-state index in [1.807, 2.05) is 61.5 Å². The summed E-state index contributed by atoms with van der Waals surface area (Å²) in [5.74, 6) is -0.376. The number of aryl methyl sites for hydroxylation is 1. The lowest BCUT2D eigenvalue weighted by molar-refractivity contribution is -0.126. The van der Waals surface area contributed by atoms with Crippen LogP contribution in [0.1, 0.15) is 34.3 Å². The summed E-state index contributed by atoms with van der Waals surface area (Å²) in [7, 11) is 0. The molecule has 2 aromatic carbocycles. The average molecular weight is 448 g/mol. The Balaban J connectivity index is 1.46. The Morgan fingerprint density at radius 2 is 1.88 bits per heavy atom. The summed E-state index contributed by atoms with van der Waals surface area (Å²) in [6.07, 6.45) is 3.25. The van der Waals surface area contributed by atoms with Gasteiger partial charge in [-0.05, 0) is 43.5 Å². The number of carbonyl (C=O) groups excluding carboxylic acids is 2. The maximum Gasteiger partial charge on any atom is 0.256 e. The summed E-state index contributed by atoms with van der Waals surface area (Å²) in [6.45, 7) is 3.44. The van der Waals surface area contributed by atoms with Crippen LogP contribution in [0, 0.1) is 12.8 Å². The second kappa shape index (κ2) is 9.96. The Kier molecular flexibility index (Phi) is 6.86. The number of aromatic nitrogens is 1. The first-order chi connectivity index (χ1) is 15.5. The van der Waals surface area contributed by atoms with E-state index in [0.29, 0.717) is 35.9 Å². The standard InChI is InChI=1S/C26H26ClN3O2/c1-18-10-12-19(13-11-18)24-22(8-4-14-28-24)26(32)30-15-5-7-21(17-30)25(31)29-16-20-6-2-3-9-23(20)27/h2-4,6,8-14,21H,5,7,15-17H2,1H3,(H,29,31).